The van der Waals surface area contributed by atoms with E-state index in [9.17, 15) is 4.79 Å². The molecule has 1 aromatic rings. The molecule has 0 unspecified atom stereocenters. The molecule has 5 heteroatoms. The Morgan fingerprint density at radius 1 is 1.32 bits per heavy atom. The molecule has 0 atom stereocenters. The minimum absolute atomic E-state index is 0.145. The van der Waals surface area contributed by atoms with Gasteiger partial charge >= 0.3 is 0 Å². The third kappa shape index (κ3) is 3.22. The number of piperidine rings is 1. The number of nitrogens with one attached hydrogen (secondary N) is 1. The van der Waals surface area contributed by atoms with E-state index in [2.05, 4.69) is 20.2 Å². The molecule has 1 aliphatic heterocycles. The Hall–Kier alpha value is -1.65. The molecule has 1 aromatic heterocycles. The highest BCUT2D eigenvalue weighted by Gasteiger charge is 2.29. The molecule has 1 saturated carbocycles. The molecular formula is C14H20N4O. The summed E-state index contributed by atoms with van der Waals surface area (Å²) in [6.45, 7) is 2.59. The number of anilines is 1. The Bertz CT molecular complexity index is 453. The molecule has 1 aliphatic carbocycles. The first-order valence-corrected chi connectivity index (χ1v) is 7.17. The second-order valence-corrected chi connectivity index (χ2v) is 5.37. The van der Waals surface area contributed by atoms with E-state index in [1.54, 1.807) is 6.20 Å². The van der Waals surface area contributed by atoms with Crippen LogP contribution in [0.2, 0.25) is 0 Å². The van der Waals surface area contributed by atoms with Gasteiger partial charge in [0.1, 0.15) is 11.6 Å². The lowest BCUT2D eigenvalue weighted by Crippen LogP contribution is -2.31. The van der Waals surface area contributed by atoms with E-state index in [0.717, 1.165) is 31.7 Å². The lowest BCUT2D eigenvalue weighted by molar-refractivity contribution is -0.122. The van der Waals surface area contributed by atoms with Gasteiger partial charge in [-0.3, -0.25) is 4.79 Å². The zero-order chi connectivity index (χ0) is 13.1. The van der Waals surface area contributed by atoms with E-state index in [0.29, 0.717) is 12.4 Å². The molecule has 102 valence electrons. The highest BCUT2D eigenvalue weighted by molar-refractivity contribution is 5.80. The van der Waals surface area contributed by atoms with Crippen molar-refractivity contribution in [2.75, 3.05) is 18.0 Å². The van der Waals surface area contributed by atoms with Crippen LogP contribution in [-0.2, 0) is 11.3 Å². The number of hydrogen-bond donors (Lipinski definition) is 1. The monoisotopic (exact) mass is 260 g/mol. The zero-order valence-electron chi connectivity index (χ0n) is 11.1. The second-order valence-electron chi connectivity index (χ2n) is 5.37. The Morgan fingerprint density at radius 2 is 2.11 bits per heavy atom. The maximum Gasteiger partial charge on any atom is 0.223 e. The van der Waals surface area contributed by atoms with Crippen LogP contribution in [-0.4, -0.2) is 29.0 Å². The molecule has 2 fully saturated rings. The van der Waals surface area contributed by atoms with Crippen LogP contribution in [0.15, 0.2) is 12.3 Å². The lowest BCUT2D eigenvalue weighted by atomic mass is 10.1. The quantitative estimate of drug-likeness (QED) is 0.891. The molecule has 1 N–H and O–H groups in total. The van der Waals surface area contributed by atoms with Crippen LogP contribution in [0.5, 0.6) is 0 Å². The van der Waals surface area contributed by atoms with Crippen molar-refractivity contribution >= 4 is 11.7 Å². The van der Waals surface area contributed by atoms with Gasteiger partial charge in [0, 0.05) is 25.2 Å². The maximum absolute atomic E-state index is 11.6. The molecule has 0 bridgehead atoms. The van der Waals surface area contributed by atoms with E-state index in [-0.39, 0.29) is 11.8 Å². The van der Waals surface area contributed by atoms with Gasteiger partial charge in [0.25, 0.3) is 0 Å². The van der Waals surface area contributed by atoms with Gasteiger partial charge in [-0.15, -0.1) is 0 Å². The number of carbonyl (C=O) groups excluding carboxylic acids is 1. The number of rotatable bonds is 4. The summed E-state index contributed by atoms with van der Waals surface area (Å²) in [5.41, 5.74) is 0. The van der Waals surface area contributed by atoms with Crippen molar-refractivity contribution < 1.29 is 4.79 Å². The van der Waals surface area contributed by atoms with Crippen molar-refractivity contribution in [2.45, 2.75) is 38.6 Å². The van der Waals surface area contributed by atoms with Gasteiger partial charge in [-0.1, -0.05) is 0 Å². The summed E-state index contributed by atoms with van der Waals surface area (Å²) >= 11 is 0. The molecule has 5 nitrogen and oxygen atoms in total. The van der Waals surface area contributed by atoms with Crippen LogP contribution in [0.1, 0.15) is 37.9 Å². The zero-order valence-corrected chi connectivity index (χ0v) is 11.1. The summed E-state index contributed by atoms with van der Waals surface area (Å²) < 4.78 is 0. The van der Waals surface area contributed by atoms with Gasteiger partial charge in [-0.25, -0.2) is 9.97 Å². The van der Waals surface area contributed by atoms with Crippen LogP contribution in [0.25, 0.3) is 0 Å². The number of aromatic nitrogens is 2. The minimum atomic E-state index is 0.145. The van der Waals surface area contributed by atoms with E-state index in [4.69, 9.17) is 0 Å². The molecule has 2 aliphatic rings. The Labute approximate surface area is 113 Å². The molecule has 1 amide bonds. The minimum Gasteiger partial charge on any atom is -0.357 e. The largest absolute Gasteiger partial charge is 0.357 e. The maximum atomic E-state index is 11.6. The second kappa shape index (κ2) is 5.55. The Morgan fingerprint density at radius 3 is 2.84 bits per heavy atom. The van der Waals surface area contributed by atoms with Crippen LogP contribution in [0, 0.1) is 5.92 Å². The van der Waals surface area contributed by atoms with Gasteiger partial charge in [-0.05, 0) is 38.2 Å². The van der Waals surface area contributed by atoms with Crippen molar-refractivity contribution in [3.8, 4) is 0 Å². The number of hydrogen-bond acceptors (Lipinski definition) is 4. The summed E-state index contributed by atoms with van der Waals surface area (Å²) in [6.07, 6.45) is 7.62. The summed E-state index contributed by atoms with van der Waals surface area (Å²) in [5.74, 6) is 2.08. The van der Waals surface area contributed by atoms with Gasteiger partial charge in [0.15, 0.2) is 0 Å². The molecule has 0 radical (unpaired) electrons. The standard InChI is InChI=1S/C14H20N4O/c19-14(11-4-5-11)16-10-12-15-7-6-13(17-12)18-8-2-1-3-9-18/h6-7,11H,1-5,8-10H2,(H,16,19). The Kier molecular flexibility index (Phi) is 3.62. The van der Waals surface area contributed by atoms with Crippen molar-refractivity contribution in [3.05, 3.63) is 18.1 Å². The number of amides is 1. The van der Waals surface area contributed by atoms with E-state index < -0.39 is 0 Å². The normalized spacial score (nSPS) is 19.3. The Balaban J connectivity index is 1.60. The van der Waals surface area contributed by atoms with E-state index in [1.165, 1.54) is 19.3 Å². The third-order valence-corrected chi connectivity index (χ3v) is 3.74. The SMILES string of the molecule is O=C(NCc1nccc(N2CCCCC2)n1)C1CC1. The first-order valence-electron chi connectivity index (χ1n) is 7.17. The third-order valence-electron chi connectivity index (χ3n) is 3.74. The predicted octanol–water partition coefficient (Wildman–Crippen LogP) is 1.49. The van der Waals surface area contributed by atoms with Crippen LogP contribution >= 0.6 is 0 Å². The van der Waals surface area contributed by atoms with Crippen molar-refractivity contribution in [3.63, 3.8) is 0 Å². The van der Waals surface area contributed by atoms with Crippen molar-refractivity contribution in [1.29, 1.82) is 0 Å². The summed E-state index contributed by atoms with van der Waals surface area (Å²) in [4.78, 5) is 22.7. The molecule has 0 spiro atoms. The number of carbonyl (C=O) groups is 1. The fourth-order valence-corrected chi connectivity index (χ4v) is 2.43. The average Bonchev–Trinajstić information content (AvgIpc) is 3.31. The van der Waals surface area contributed by atoms with Gasteiger partial charge in [0.05, 0.1) is 6.54 Å². The topological polar surface area (TPSA) is 58.1 Å². The fraction of sp³-hybridized carbons (Fsp3) is 0.643. The van der Waals surface area contributed by atoms with E-state index >= 15 is 0 Å². The van der Waals surface area contributed by atoms with Gasteiger partial charge in [-0.2, -0.15) is 0 Å². The highest BCUT2D eigenvalue weighted by atomic mass is 16.2. The first kappa shape index (κ1) is 12.4. The predicted molar refractivity (Wildman–Crippen MR) is 72.7 cm³/mol. The summed E-state index contributed by atoms with van der Waals surface area (Å²) in [5, 5.41) is 2.91. The number of nitrogens with zero attached hydrogens (tertiary/aromatic N) is 3. The molecule has 3 rings (SSSR count). The molecule has 2 heterocycles. The van der Waals surface area contributed by atoms with Crippen LogP contribution in [0.4, 0.5) is 5.82 Å². The van der Waals surface area contributed by atoms with Crippen molar-refractivity contribution in [2.24, 2.45) is 5.92 Å². The lowest BCUT2D eigenvalue weighted by Gasteiger charge is -2.27. The molecule has 19 heavy (non-hydrogen) atoms. The smallest absolute Gasteiger partial charge is 0.223 e. The molecule has 0 aromatic carbocycles. The molecular weight excluding hydrogens is 240 g/mol. The summed E-state index contributed by atoms with van der Waals surface area (Å²) in [6, 6.07) is 1.96. The highest BCUT2D eigenvalue weighted by Crippen LogP contribution is 2.28. The van der Waals surface area contributed by atoms with Gasteiger partial charge in [0.2, 0.25) is 5.91 Å². The first-order chi connectivity index (χ1) is 9.33. The van der Waals surface area contributed by atoms with Crippen LogP contribution < -0.4 is 10.2 Å². The fourth-order valence-electron chi connectivity index (χ4n) is 2.43. The van der Waals surface area contributed by atoms with Gasteiger partial charge < -0.3 is 10.2 Å². The van der Waals surface area contributed by atoms with Crippen LogP contribution in [0.3, 0.4) is 0 Å². The van der Waals surface area contributed by atoms with Crippen molar-refractivity contribution in [1.82, 2.24) is 15.3 Å². The van der Waals surface area contributed by atoms with E-state index in [1.807, 2.05) is 6.07 Å². The molecule has 1 saturated heterocycles. The average molecular weight is 260 g/mol. The summed E-state index contributed by atoms with van der Waals surface area (Å²) in [7, 11) is 0.